The Kier molecular flexibility index (Phi) is 7.12. The molecule has 4 rings (SSSR count). The second-order valence-electron chi connectivity index (χ2n) is 8.29. The Labute approximate surface area is 193 Å². The summed E-state index contributed by atoms with van der Waals surface area (Å²) < 4.78 is 5.77. The minimum absolute atomic E-state index is 0.148. The molecule has 7 heteroatoms. The van der Waals surface area contributed by atoms with Crippen molar-refractivity contribution in [1.29, 1.82) is 0 Å². The minimum Gasteiger partial charge on any atom is -0.449 e. The first-order chi connectivity index (χ1) is 15.5. The predicted octanol–water partition coefficient (Wildman–Crippen LogP) is 4.71. The van der Waals surface area contributed by atoms with E-state index < -0.39 is 0 Å². The van der Waals surface area contributed by atoms with Crippen molar-refractivity contribution in [3.63, 3.8) is 0 Å². The van der Waals surface area contributed by atoms with Crippen LogP contribution in [0.2, 0.25) is 5.02 Å². The number of fused-ring (bicyclic) bond motifs is 1. The summed E-state index contributed by atoms with van der Waals surface area (Å²) in [6.45, 7) is 5.03. The molecule has 6 nitrogen and oxygen atoms in total. The third kappa shape index (κ3) is 5.31. The van der Waals surface area contributed by atoms with Gasteiger partial charge in [-0.15, -0.1) is 0 Å². The number of hydrogen-bond acceptors (Lipinski definition) is 4. The fourth-order valence-electron chi connectivity index (χ4n) is 4.11. The topological polar surface area (TPSA) is 70.7 Å². The Morgan fingerprint density at radius 3 is 2.94 bits per heavy atom. The molecule has 2 N–H and O–H groups in total. The number of halogens is 1. The molecule has 2 aliphatic heterocycles. The average molecular weight is 454 g/mol. The van der Waals surface area contributed by atoms with Gasteiger partial charge in [-0.2, -0.15) is 0 Å². The van der Waals surface area contributed by atoms with Crippen LogP contribution in [0.25, 0.3) is 6.08 Å². The molecule has 0 aliphatic carbocycles. The zero-order valence-electron chi connectivity index (χ0n) is 18.2. The van der Waals surface area contributed by atoms with Gasteiger partial charge in [-0.05, 0) is 68.6 Å². The lowest BCUT2D eigenvalue weighted by atomic mass is 10.0. The molecule has 0 radical (unpaired) electrons. The number of nitrogens with one attached hydrogen (secondary N) is 2. The van der Waals surface area contributed by atoms with Crippen LogP contribution in [0.15, 0.2) is 48.2 Å². The first-order valence-corrected chi connectivity index (χ1v) is 11.5. The van der Waals surface area contributed by atoms with E-state index in [9.17, 15) is 9.59 Å². The van der Waals surface area contributed by atoms with Gasteiger partial charge in [0.15, 0.2) is 11.5 Å². The van der Waals surface area contributed by atoms with Crippen LogP contribution in [0.5, 0.6) is 5.75 Å². The third-order valence-electron chi connectivity index (χ3n) is 5.97. The molecular weight excluding hydrogens is 426 g/mol. The van der Waals surface area contributed by atoms with Gasteiger partial charge in [0.05, 0.1) is 5.69 Å². The van der Waals surface area contributed by atoms with Crippen molar-refractivity contribution in [3.8, 4) is 5.75 Å². The fraction of sp³-hybridized carbons (Fsp3) is 0.360. The van der Waals surface area contributed by atoms with Crippen molar-refractivity contribution < 1.29 is 14.3 Å². The second-order valence-corrected chi connectivity index (χ2v) is 8.69. The molecule has 2 aromatic carbocycles. The highest BCUT2D eigenvalue weighted by atomic mass is 35.5. The number of carbonyl (C=O) groups excluding carboxylic acids is 2. The summed E-state index contributed by atoms with van der Waals surface area (Å²) in [4.78, 5) is 27.6. The van der Waals surface area contributed by atoms with Gasteiger partial charge in [-0.25, -0.2) is 0 Å². The Morgan fingerprint density at radius 1 is 1.28 bits per heavy atom. The van der Waals surface area contributed by atoms with E-state index >= 15 is 0 Å². The monoisotopic (exact) mass is 453 g/mol. The highest BCUT2D eigenvalue weighted by Crippen LogP contribution is 2.33. The molecule has 0 saturated carbocycles. The van der Waals surface area contributed by atoms with E-state index in [0.717, 1.165) is 19.5 Å². The van der Waals surface area contributed by atoms with Gasteiger partial charge in [0.1, 0.15) is 0 Å². The SMILES string of the molecule is C[C@H]1CCCCN1CCCNC(=O)c1ccc2c(c1)NC(=O)/C(=C/c1ccccc1Cl)O2. The molecule has 0 spiro atoms. The molecule has 1 atom stereocenters. The van der Waals surface area contributed by atoms with Crippen LogP contribution in [0.4, 0.5) is 5.69 Å². The van der Waals surface area contributed by atoms with E-state index in [1.165, 1.54) is 19.3 Å². The molecule has 2 aromatic rings. The Balaban J connectivity index is 1.35. The molecule has 0 bridgehead atoms. The number of likely N-dealkylation sites (tertiary alicyclic amines) is 1. The largest absolute Gasteiger partial charge is 0.449 e. The van der Waals surface area contributed by atoms with E-state index in [1.54, 1.807) is 36.4 Å². The maximum Gasteiger partial charge on any atom is 0.291 e. The van der Waals surface area contributed by atoms with Crippen molar-refractivity contribution in [2.75, 3.05) is 25.0 Å². The molecule has 1 saturated heterocycles. The fourth-order valence-corrected chi connectivity index (χ4v) is 4.30. The summed E-state index contributed by atoms with van der Waals surface area (Å²) in [5.74, 6) is 0.0880. The molecule has 2 amide bonds. The maximum atomic E-state index is 12.6. The highest BCUT2D eigenvalue weighted by Gasteiger charge is 2.23. The molecule has 168 valence electrons. The van der Waals surface area contributed by atoms with Crippen molar-refractivity contribution >= 4 is 35.2 Å². The molecule has 2 aliphatic rings. The van der Waals surface area contributed by atoms with Crippen LogP contribution in [-0.4, -0.2) is 42.4 Å². The van der Waals surface area contributed by atoms with E-state index in [0.29, 0.717) is 40.2 Å². The Hall–Kier alpha value is -2.83. The standard InChI is InChI=1S/C25H28ClN3O3/c1-17-7-4-5-13-29(17)14-6-12-27-24(30)19-10-11-22-21(15-19)28-25(31)23(32-22)16-18-8-2-3-9-20(18)26/h2-3,8-11,15-17H,4-7,12-14H2,1H3,(H,27,30)(H,28,31)/b23-16-/t17-/m0/s1. The normalized spacial score (nSPS) is 19.8. The zero-order valence-corrected chi connectivity index (χ0v) is 19.0. The number of benzene rings is 2. The maximum absolute atomic E-state index is 12.6. The number of anilines is 1. The van der Waals surface area contributed by atoms with Crippen LogP contribution in [0, 0.1) is 0 Å². The van der Waals surface area contributed by atoms with Crippen LogP contribution >= 0.6 is 11.6 Å². The average Bonchev–Trinajstić information content (AvgIpc) is 2.79. The van der Waals surface area contributed by atoms with Gasteiger partial charge < -0.3 is 20.3 Å². The van der Waals surface area contributed by atoms with Gasteiger partial charge in [-0.3, -0.25) is 9.59 Å². The van der Waals surface area contributed by atoms with E-state index in [-0.39, 0.29) is 17.6 Å². The van der Waals surface area contributed by atoms with Gasteiger partial charge in [0, 0.05) is 29.7 Å². The Bertz CT molecular complexity index is 1040. The Morgan fingerprint density at radius 2 is 2.12 bits per heavy atom. The zero-order chi connectivity index (χ0) is 22.5. The van der Waals surface area contributed by atoms with E-state index in [1.807, 2.05) is 12.1 Å². The number of hydrogen-bond donors (Lipinski definition) is 2. The quantitative estimate of drug-likeness (QED) is 0.491. The molecule has 0 unspecified atom stereocenters. The minimum atomic E-state index is -0.384. The molecule has 32 heavy (non-hydrogen) atoms. The van der Waals surface area contributed by atoms with Gasteiger partial charge in [0.25, 0.3) is 11.8 Å². The summed E-state index contributed by atoms with van der Waals surface area (Å²) in [6.07, 6.45) is 6.34. The smallest absolute Gasteiger partial charge is 0.291 e. The van der Waals surface area contributed by atoms with Crippen LogP contribution in [-0.2, 0) is 4.79 Å². The first kappa shape index (κ1) is 22.4. The van der Waals surface area contributed by atoms with Gasteiger partial charge in [0.2, 0.25) is 0 Å². The highest BCUT2D eigenvalue weighted by molar-refractivity contribution is 6.32. The summed E-state index contributed by atoms with van der Waals surface area (Å²) in [7, 11) is 0. The summed E-state index contributed by atoms with van der Waals surface area (Å²) in [5.41, 5.74) is 1.65. The molecule has 0 aromatic heterocycles. The lowest BCUT2D eigenvalue weighted by Gasteiger charge is -2.33. The van der Waals surface area contributed by atoms with Crippen molar-refractivity contribution in [3.05, 3.63) is 64.4 Å². The second kappa shape index (κ2) is 10.2. The van der Waals surface area contributed by atoms with Crippen molar-refractivity contribution in [2.24, 2.45) is 0 Å². The van der Waals surface area contributed by atoms with Crippen LogP contribution in [0.1, 0.15) is 48.5 Å². The number of piperidine rings is 1. The number of rotatable bonds is 6. The molecule has 1 fully saturated rings. The lowest BCUT2D eigenvalue weighted by molar-refractivity contribution is -0.115. The lowest BCUT2D eigenvalue weighted by Crippen LogP contribution is -2.39. The van der Waals surface area contributed by atoms with Crippen LogP contribution in [0.3, 0.4) is 0 Å². The summed E-state index contributed by atoms with van der Waals surface area (Å²) in [5, 5.41) is 6.30. The van der Waals surface area contributed by atoms with E-state index in [4.69, 9.17) is 16.3 Å². The van der Waals surface area contributed by atoms with Gasteiger partial charge >= 0.3 is 0 Å². The van der Waals surface area contributed by atoms with Crippen molar-refractivity contribution in [1.82, 2.24) is 10.2 Å². The van der Waals surface area contributed by atoms with E-state index in [2.05, 4.69) is 22.5 Å². The molecule has 2 heterocycles. The summed E-state index contributed by atoms with van der Waals surface area (Å²) >= 11 is 6.17. The van der Waals surface area contributed by atoms with Crippen LogP contribution < -0.4 is 15.4 Å². The number of ether oxygens (including phenoxy) is 1. The number of nitrogens with zero attached hydrogens (tertiary/aromatic N) is 1. The molecular formula is C25H28ClN3O3. The number of amides is 2. The predicted molar refractivity (Wildman–Crippen MR) is 127 cm³/mol. The first-order valence-electron chi connectivity index (χ1n) is 11.1. The van der Waals surface area contributed by atoms with Gasteiger partial charge in [-0.1, -0.05) is 36.2 Å². The summed E-state index contributed by atoms with van der Waals surface area (Å²) in [6, 6.07) is 12.9. The van der Waals surface area contributed by atoms with Crippen molar-refractivity contribution in [2.45, 2.75) is 38.6 Å². The third-order valence-corrected chi connectivity index (χ3v) is 6.32. The number of carbonyl (C=O) groups is 2.